The molecule has 0 aliphatic heterocycles. The molecule has 0 aliphatic rings. The summed E-state index contributed by atoms with van der Waals surface area (Å²) in [5.41, 5.74) is 2.87. The van der Waals surface area contributed by atoms with Crippen LogP contribution in [-0.4, -0.2) is 19.9 Å². The molecule has 3 rings (SSSR count). The Kier molecular flexibility index (Phi) is 2.71. The van der Waals surface area contributed by atoms with E-state index in [1.807, 2.05) is 11.3 Å². The Bertz CT molecular complexity index is 665. The molecule has 3 heterocycles. The minimum Gasteiger partial charge on any atom is -0.363 e. The van der Waals surface area contributed by atoms with Crippen LogP contribution >= 0.6 is 11.3 Å². The maximum absolute atomic E-state index is 4.23. The number of aromatic amines is 1. The molecule has 0 bridgehead atoms. The topological polar surface area (TPSA) is 66.5 Å². The fourth-order valence-electron chi connectivity index (χ4n) is 1.81. The van der Waals surface area contributed by atoms with Gasteiger partial charge in [-0.05, 0) is 25.5 Å². The summed E-state index contributed by atoms with van der Waals surface area (Å²) < 4.78 is 0. The largest absolute Gasteiger partial charge is 0.363 e. The second-order valence-corrected chi connectivity index (χ2v) is 5.47. The lowest BCUT2D eigenvalue weighted by Crippen LogP contribution is -2.01. The fraction of sp³-hybridized carbons (Fsp3) is 0.250. The Morgan fingerprint density at radius 2 is 2.17 bits per heavy atom. The number of thiophene rings is 1. The number of aromatic nitrogens is 4. The molecule has 0 amide bonds. The van der Waals surface area contributed by atoms with Crippen LogP contribution in [0.4, 0.5) is 5.82 Å². The zero-order valence-corrected chi connectivity index (χ0v) is 11.0. The van der Waals surface area contributed by atoms with Crippen molar-refractivity contribution in [1.29, 1.82) is 0 Å². The van der Waals surface area contributed by atoms with Crippen molar-refractivity contribution >= 4 is 28.3 Å². The summed E-state index contributed by atoms with van der Waals surface area (Å²) in [6.07, 6.45) is 3.15. The van der Waals surface area contributed by atoms with Gasteiger partial charge in [0.15, 0.2) is 11.5 Å². The molecular weight excluding hydrogens is 246 g/mol. The minimum absolute atomic E-state index is 0.686. The van der Waals surface area contributed by atoms with Crippen molar-refractivity contribution in [2.24, 2.45) is 0 Å². The van der Waals surface area contributed by atoms with Crippen LogP contribution in [0.3, 0.4) is 0 Å². The Morgan fingerprint density at radius 3 is 2.94 bits per heavy atom. The fourth-order valence-corrected chi connectivity index (χ4v) is 2.80. The first-order valence-corrected chi connectivity index (χ1v) is 6.49. The van der Waals surface area contributed by atoms with Crippen LogP contribution in [0.5, 0.6) is 0 Å². The number of fused-ring (bicyclic) bond motifs is 1. The molecule has 0 aromatic carbocycles. The molecule has 0 saturated heterocycles. The van der Waals surface area contributed by atoms with Crippen LogP contribution in [-0.2, 0) is 6.54 Å². The summed E-state index contributed by atoms with van der Waals surface area (Å²) in [5.74, 6) is 0.793. The third kappa shape index (κ3) is 1.95. The molecule has 2 N–H and O–H groups in total. The van der Waals surface area contributed by atoms with Crippen molar-refractivity contribution < 1.29 is 0 Å². The first kappa shape index (κ1) is 11.2. The summed E-state index contributed by atoms with van der Waals surface area (Å²) in [6, 6.07) is 2.21. The number of hydrogen-bond donors (Lipinski definition) is 2. The first-order chi connectivity index (χ1) is 8.74. The molecule has 5 nitrogen and oxygen atoms in total. The second kappa shape index (κ2) is 4.38. The Morgan fingerprint density at radius 1 is 1.28 bits per heavy atom. The van der Waals surface area contributed by atoms with Crippen LogP contribution in [0.25, 0.3) is 11.2 Å². The van der Waals surface area contributed by atoms with Gasteiger partial charge in [-0.15, -0.1) is 11.3 Å². The van der Waals surface area contributed by atoms with Gasteiger partial charge in [-0.25, -0.2) is 15.0 Å². The predicted octanol–water partition coefficient (Wildman–Crippen LogP) is 2.64. The van der Waals surface area contributed by atoms with E-state index in [-0.39, 0.29) is 0 Å². The van der Waals surface area contributed by atoms with Gasteiger partial charge in [0, 0.05) is 9.75 Å². The van der Waals surface area contributed by atoms with E-state index in [1.54, 1.807) is 6.33 Å². The molecule has 92 valence electrons. The standard InChI is InChI=1S/C12H13N5S/c1-7-3-9(18-8(7)2)4-13-11-10-12(15-5-14-10)17-6-16-11/h3,5-6H,4H2,1-2H3,(H2,13,14,15,16,17). The SMILES string of the molecule is Cc1cc(CNc2ncnc3nc[nH]c23)sc1C. The highest BCUT2D eigenvalue weighted by atomic mass is 32.1. The van der Waals surface area contributed by atoms with Crippen LogP contribution in [0.2, 0.25) is 0 Å². The van der Waals surface area contributed by atoms with Gasteiger partial charge in [-0.3, -0.25) is 0 Å². The van der Waals surface area contributed by atoms with E-state index in [0.29, 0.717) is 5.65 Å². The highest BCUT2D eigenvalue weighted by Gasteiger charge is 2.06. The van der Waals surface area contributed by atoms with E-state index in [0.717, 1.165) is 17.9 Å². The third-order valence-corrected chi connectivity index (χ3v) is 4.02. The number of imidazole rings is 1. The van der Waals surface area contributed by atoms with Gasteiger partial charge in [-0.1, -0.05) is 0 Å². The molecule has 3 aromatic rings. The molecule has 0 radical (unpaired) electrons. The van der Waals surface area contributed by atoms with E-state index in [9.17, 15) is 0 Å². The summed E-state index contributed by atoms with van der Waals surface area (Å²) in [4.78, 5) is 18.1. The molecule has 0 atom stereocenters. The summed E-state index contributed by atoms with van der Waals surface area (Å²) in [6.45, 7) is 5.04. The van der Waals surface area contributed by atoms with Crippen molar-refractivity contribution in [2.45, 2.75) is 20.4 Å². The van der Waals surface area contributed by atoms with E-state index < -0.39 is 0 Å². The number of anilines is 1. The van der Waals surface area contributed by atoms with Crippen molar-refractivity contribution in [3.63, 3.8) is 0 Å². The van der Waals surface area contributed by atoms with E-state index >= 15 is 0 Å². The molecule has 0 spiro atoms. The quantitative estimate of drug-likeness (QED) is 0.759. The maximum Gasteiger partial charge on any atom is 0.182 e. The highest BCUT2D eigenvalue weighted by molar-refractivity contribution is 7.12. The van der Waals surface area contributed by atoms with Crippen LogP contribution in [0.15, 0.2) is 18.7 Å². The Labute approximate surface area is 108 Å². The zero-order valence-electron chi connectivity index (χ0n) is 10.2. The number of H-pyrrole nitrogens is 1. The average molecular weight is 259 g/mol. The Hall–Kier alpha value is -1.95. The van der Waals surface area contributed by atoms with Crippen LogP contribution < -0.4 is 5.32 Å². The van der Waals surface area contributed by atoms with Gasteiger partial charge in [0.25, 0.3) is 0 Å². The molecule has 0 unspecified atom stereocenters. The van der Waals surface area contributed by atoms with Gasteiger partial charge in [0.1, 0.15) is 11.8 Å². The number of hydrogen-bond acceptors (Lipinski definition) is 5. The normalized spacial score (nSPS) is 11.0. The zero-order chi connectivity index (χ0) is 12.5. The number of nitrogens with zero attached hydrogens (tertiary/aromatic N) is 3. The molecule has 18 heavy (non-hydrogen) atoms. The maximum atomic E-state index is 4.23. The number of rotatable bonds is 3. The van der Waals surface area contributed by atoms with Crippen molar-refractivity contribution in [1.82, 2.24) is 19.9 Å². The lowest BCUT2D eigenvalue weighted by atomic mass is 10.3. The van der Waals surface area contributed by atoms with Crippen molar-refractivity contribution in [3.8, 4) is 0 Å². The molecule has 3 aromatic heterocycles. The van der Waals surface area contributed by atoms with Gasteiger partial charge < -0.3 is 10.3 Å². The first-order valence-electron chi connectivity index (χ1n) is 5.68. The third-order valence-electron chi connectivity index (χ3n) is 2.87. The predicted molar refractivity (Wildman–Crippen MR) is 72.8 cm³/mol. The van der Waals surface area contributed by atoms with Gasteiger partial charge in [-0.2, -0.15) is 0 Å². The summed E-state index contributed by atoms with van der Waals surface area (Å²) >= 11 is 1.81. The summed E-state index contributed by atoms with van der Waals surface area (Å²) in [7, 11) is 0. The van der Waals surface area contributed by atoms with E-state index in [2.05, 4.69) is 45.2 Å². The monoisotopic (exact) mass is 259 g/mol. The molecule has 0 aliphatic carbocycles. The minimum atomic E-state index is 0.686. The van der Waals surface area contributed by atoms with Gasteiger partial charge in [0.2, 0.25) is 0 Å². The van der Waals surface area contributed by atoms with Gasteiger partial charge >= 0.3 is 0 Å². The highest BCUT2D eigenvalue weighted by Crippen LogP contribution is 2.22. The van der Waals surface area contributed by atoms with E-state index in [1.165, 1.54) is 21.6 Å². The van der Waals surface area contributed by atoms with Crippen molar-refractivity contribution in [3.05, 3.63) is 34.0 Å². The van der Waals surface area contributed by atoms with E-state index in [4.69, 9.17) is 0 Å². The van der Waals surface area contributed by atoms with Gasteiger partial charge in [0.05, 0.1) is 12.9 Å². The molecular formula is C12H13N5S. The van der Waals surface area contributed by atoms with Crippen LogP contribution in [0, 0.1) is 13.8 Å². The lowest BCUT2D eigenvalue weighted by Gasteiger charge is -2.03. The molecule has 6 heteroatoms. The Balaban J connectivity index is 1.82. The smallest absolute Gasteiger partial charge is 0.182 e. The van der Waals surface area contributed by atoms with Crippen LogP contribution in [0.1, 0.15) is 15.3 Å². The lowest BCUT2D eigenvalue weighted by molar-refractivity contribution is 1.12. The average Bonchev–Trinajstić information content (AvgIpc) is 2.94. The number of nitrogens with one attached hydrogen (secondary N) is 2. The summed E-state index contributed by atoms with van der Waals surface area (Å²) in [5, 5.41) is 3.32. The molecule has 0 saturated carbocycles. The molecule has 0 fully saturated rings. The second-order valence-electron chi connectivity index (χ2n) is 4.13. The van der Waals surface area contributed by atoms with Crippen molar-refractivity contribution in [2.75, 3.05) is 5.32 Å². The number of aryl methyl sites for hydroxylation is 2.